The molecule has 20 heavy (non-hydrogen) atoms. The minimum absolute atomic E-state index is 0.111. The van der Waals surface area contributed by atoms with E-state index >= 15 is 0 Å². The second-order valence-corrected chi connectivity index (χ2v) is 5.12. The average Bonchev–Trinajstić information content (AvgIpc) is 2.83. The lowest BCUT2D eigenvalue weighted by Crippen LogP contribution is -2.40. The van der Waals surface area contributed by atoms with Crippen LogP contribution in [0.5, 0.6) is 0 Å². The fourth-order valence-corrected chi connectivity index (χ4v) is 2.66. The molecule has 1 aromatic heterocycles. The highest BCUT2D eigenvalue weighted by Gasteiger charge is 2.21. The number of carbonyl (C=O) groups excluding carboxylic acids is 1. The largest absolute Gasteiger partial charge is 0.480 e. The van der Waals surface area contributed by atoms with Gasteiger partial charge in [0.15, 0.2) is 0 Å². The van der Waals surface area contributed by atoms with Gasteiger partial charge in [0.1, 0.15) is 11.9 Å². The molecule has 0 spiro atoms. The molecule has 2 N–H and O–H groups in total. The number of halogens is 1. The van der Waals surface area contributed by atoms with E-state index in [2.05, 4.69) is 11.2 Å². The maximum Gasteiger partial charge on any atom is 0.327 e. The molecule has 0 aliphatic rings. The van der Waals surface area contributed by atoms with Gasteiger partial charge in [-0.25, -0.2) is 9.18 Å². The van der Waals surface area contributed by atoms with Gasteiger partial charge in [-0.05, 0) is 18.2 Å². The van der Waals surface area contributed by atoms with Crippen LogP contribution in [-0.2, 0) is 4.79 Å². The second-order valence-electron chi connectivity index (χ2n) is 4.03. The number of rotatable bonds is 4. The summed E-state index contributed by atoms with van der Waals surface area (Å²) in [5, 5.41) is 11.6. The molecule has 1 aromatic carbocycles. The lowest BCUT2D eigenvalue weighted by Gasteiger charge is -2.10. The first-order valence-electron chi connectivity index (χ1n) is 5.68. The van der Waals surface area contributed by atoms with Gasteiger partial charge >= 0.3 is 5.97 Å². The fourth-order valence-electron chi connectivity index (χ4n) is 1.68. The van der Waals surface area contributed by atoms with Gasteiger partial charge in [0.25, 0.3) is 5.91 Å². The zero-order chi connectivity index (χ0) is 14.7. The Kier molecular flexibility index (Phi) is 4.01. The minimum atomic E-state index is -1.21. The summed E-state index contributed by atoms with van der Waals surface area (Å²) >= 11 is 1.09. The van der Waals surface area contributed by atoms with Crippen molar-refractivity contribution in [1.29, 1.82) is 0 Å². The van der Waals surface area contributed by atoms with Gasteiger partial charge in [0.2, 0.25) is 0 Å². The molecular weight excluding hydrogens is 281 g/mol. The Morgan fingerprint density at radius 2 is 2.25 bits per heavy atom. The molecule has 1 amide bonds. The number of carboxylic acid groups (broad SMARTS) is 1. The Bertz CT molecular complexity index is 717. The van der Waals surface area contributed by atoms with Crippen LogP contribution in [0.15, 0.2) is 24.3 Å². The Morgan fingerprint density at radius 3 is 2.85 bits per heavy atom. The molecule has 0 saturated heterocycles. The molecule has 0 saturated carbocycles. The van der Waals surface area contributed by atoms with Crippen molar-refractivity contribution in [3.63, 3.8) is 0 Å². The van der Waals surface area contributed by atoms with E-state index in [9.17, 15) is 14.0 Å². The number of amides is 1. The van der Waals surface area contributed by atoms with Crippen molar-refractivity contribution in [2.45, 2.75) is 12.5 Å². The molecule has 6 heteroatoms. The van der Waals surface area contributed by atoms with Crippen molar-refractivity contribution in [1.82, 2.24) is 5.32 Å². The SMILES string of the molecule is C#CCC(NC(=O)c1cc2c(F)cccc2s1)C(=O)O. The van der Waals surface area contributed by atoms with E-state index in [1.807, 2.05) is 0 Å². The molecule has 2 aromatic rings. The molecule has 1 heterocycles. The van der Waals surface area contributed by atoms with E-state index in [1.54, 1.807) is 12.1 Å². The molecule has 0 radical (unpaired) electrons. The summed E-state index contributed by atoms with van der Waals surface area (Å²) in [5.41, 5.74) is 0. The van der Waals surface area contributed by atoms with Crippen LogP contribution in [-0.4, -0.2) is 23.0 Å². The summed E-state index contributed by atoms with van der Waals surface area (Å²) in [5.74, 6) is -0.0114. The summed E-state index contributed by atoms with van der Waals surface area (Å²) in [4.78, 5) is 23.1. The summed E-state index contributed by atoms with van der Waals surface area (Å²) in [6.45, 7) is 0. The minimum Gasteiger partial charge on any atom is -0.480 e. The summed E-state index contributed by atoms with van der Waals surface area (Å²) in [6.07, 6.45) is 4.94. The van der Waals surface area contributed by atoms with Gasteiger partial charge in [0, 0.05) is 16.5 Å². The molecule has 0 bridgehead atoms. The molecule has 102 valence electrons. The van der Waals surface area contributed by atoms with Crippen molar-refractivity contribution < 1.29 is 19.1 Å². The van der Waals surface area contributed by atoms with Gasteiger partial charge in [0.05, 0.1) is 4.88 Å². The Balaban J connectivity index is 2.25. The summed E-state index contributed by atoms with van der Waals surface area (Å²) in [6, 6.07) is 4.79. The fraction of sp³-hybridized carbons (Fsp3) is 0.143. The number of carboxylic acids is 1. The average molecular weight is 291 g/mol. The van der Waals surface area contributed by atoms with E-state index < -0.39 is 23.7 Å². The smallest absolute Gasteiger partial charge is 0.327 e. The lowest BCUT2D eigenvalue weighted by molar-refractivity contribution is -0.139. The Hall–Kier alpha value is -2.39. The third-order valence-corrected chi connectivity index (χ3v) is 3.76. The molecule has 1 unspecified atom stereocenters. The first-order chi connectivity index (χ1) is 9.52. The highest BCUT2D eigenvalue weighted by Crippen LogP contribution is 2.27. The highest BCUT2D eigenvalue weighted by atomic mass is 32.1. The standard InChI is InChI=1S/C14H10FNO3S/c1-2-4-10(14(18)19)16-13(17)12-7-8-9(15)5-3-6-11(8)20-12/h1,3,5-7,10H,4H2,(H,16,17)(H,18,19). The molecule has 2 rings (SSSR count). The zero-order valence-electron chi connectivity index (χ0n) is 10.2. The van der Waals surface area contributed by atoms with Crippen molar-refractivity contribution in [3.05, 3.63) is 35.0 Å². The van der Waals surface area contributed by atoms with Crippen molar-refractivity contribution in [2.24, 2.45) is 0 Å². The maximum absolute atomic E-state index is 13.5. The lowest BCUT2D eigenvalue weighted by atomic mass is 10.2. The Labute approximate surface area is 118 Å². The van der Waals surface area contributed by atoms with Crippen molar-refractivity contribution in [3.8, 4) is 12.3 Å². The summed E-state index contributed by atoms with van der Waals surface area (Å²) in [7, 11) is 0. The van der Waals surface area contributed by atoms with Gasteiger partial charge in [-0.3, -0.25) is 4.79 Å². The third-order valence-electron chi connectivity index (χ3n) is 2.66. The molecule has 1 atom stereocenters. The topological polar surface area (TPSA) is 66.4 Å². The van der Waals surface area contributed by atoms with E-state index in [0.29, 0.717) is 10.1 Å². The molecule has 4 nitrogen and oxygen atoms in total. The zero-order valence-corrected chi connectivity index (χ0v) is 11.0. The van der Waals surface area contributed by atoms with E-state index in [-0.39, 0.29) is 11.3 Å². The van der Waals surface area contributed by atoms with Crippen LogP contribution >= 0.6 is 11.3 Å². The molecule has 0 aliphatic carbocycles. The first kappa shape index (κ1) is 14.0. The number of benzene rings is 1. The third kappa shape index (κ3) is 2.78. The van der Waals surface area contributed by atoms with E-state index in [4.69, 9.17) is 11.5 Å². The van der Waals surface area contributed by atoms with Gasteiger partial charge in [-0.1, -0.05) is 6.07 Å². The number of fused-ring (bicyclic) bond motifs is 1. The number of aliphatic carboxylic acids is 1. The van der Waals surface area contributed by atoms with Crippen LogP contribution in [0, 0.1) is 18.2 Å². The van der Waals surface area contributed by atoms with Crippen LogP contribution in [0.3, 0.4) is 0 Å². The molecule has 0 fully saturated rings. The number of carbonyl (C=O) groups is 2. The van der Waals surface area contributed by atoms with Crippen LogP contribution in [0.2, 0.25) is 0 Å². The number of nitrogens with one attached hydrogen (secondary N) is 1. The Morgan fingerprint density at radius 1 is 1.50 bits per heavy atom. The normalized spacial score (nSPS) is 11.8. The predicted molar refractivity (Wildman–Crippen MR) is 74.1 cm³/mol. The van der Waals surface area contributed by atoms with Crippen LogP contribution < -0.4 is 5.32 Å². The van der Waals surface area contributed by atoms with Gasteiger partial charge < -0.3 is 10.4 Å². The number of terminal acetylenes is 1. The number of hydrogen-bond acceptors (Lipinski definition) is 3. The monoisotopic (exact) mass is 291 g/mol. The maximum atomic E-state index is 13.5. The predicted octanol–water partition coefficient (Wildman–Crippen LogP) is 2.25. The quantitative estimate of drug-likeness (QED) is 0.849. The van der Waals surface area contributed by atoms with Crippen LogP contribution in [0.1, 0.15) is 16.1 Å². The van der Waals surface area contributed by atoms with Crippen LogP contribution in [0.4, 0.5) is 4.39 Å². The molecule has 0 aliphatic heterocycles. The van der Waals surface area contributed by atoms with E-state index in [0.717, 1.165) is 11.3 Å². The molecular formula is C14H10FNO3S. The number of thiophene rings is 1. The number of hydrogen-bond donors (Lipinski definition) is 2. The summed E-state index contributed by atoms with van der Waals surface area (Å²) < 4.78 is 14.2. The van der Waals surface area contributed by atoms with Crippen molar-refractivity contribution in [2.75, 3.05) is 0 Å². The van der Waals surface area contributed by atoms with Crippen molar-refractivity contribution >= 4 is 33.3 Å². The first-order valence-corrected chi connectivity index (χ1v) is 6.49. The van der Waals surface area contributed by atoms with Gasteiger partial charge in [-0.15, -0.1) is 23.7 Å². The highest BCUT2D eigenvalue weighted by molar-refractivity contribution is 7.20. The van der Waals surface area contributed by atoms with E-state index in [1.165, 1.54) is 12.1 Å². The van der Waals surface area contributed by atoms with Gasteiger partial charge in [-0.2, -0.15) is 0 Å². The second kappa shape index (κ2) is 5.72. The van der Waals surface area contributed by atoms with Crippen LogP contribution in [0.25, 0.3) is 10.1 Å².